The molecule has 0 unspecified atom stereocenters. The quantitative estimate of drug-likeness (QED) is 0.870. The van der Waals surface area contributed by atoms with Gasteiger partial charge in [-0.05, 0) is 13.8 Å². The zero-order valence-electron chi connectivity index (χ0n) is 11.3. The Morgan fingerprint density at radius 1 is 1.20 bits per heavy atom. The van der Waals surface area contributed by atoms with Gasteiger partial charge in [0.05, 0.1) is 11.4 Å². The lowest BCUT2D eigenvalue weighted by Gasteiger charge is -2.32. The van der Waals surface area contributed by atoms with Gasteiger partial charge in [-0.1, -0.05) is 0 Å². The van der Waals surface area contributed by atoms with Gasteiger partial charge in [-0.15, -0.1) is 0 Å². The van der Waals surface area contributed by atoms with Crippen molar-refractivity contribution in [1.29, 1.82) is 0 Å². The fraction of sp³-hybridized carbons (Fsp3) is 0.538. The van der Waals surface area contributed by atoms with Gasteiger partial charge in [0.1, 0.15) is 19.8 Å². The first-order valence-electron chi connectivity index (χ1n) is 6.30. The molecule has 0 spiro atoms. The minimum atomic E-state index is -4.30. The molecule has 0 saturated heterocycles. The summed E-state index contributed by atoms with van der Waals surface area (Å²) in [5.74, 6) is 0.890. The molecular weight excluding hydrogens is 273 g/mol. The Morgan fingerprint density at radius 2 is 1.75 bits per heavy atom. The van der Waals surface area contributed by atoms with E-state index in [4.69, 9.17) is 15.2 Å². The van der Waals surface area contributed by atoms with Crippen LogP contribution in [0.15, 0.2) is 12.1 Å². The summed E-state index contributed by atoms with van der Waals surface area (Å²) < 4.78 is 48.8. The summed E-state index contributed by atoms with van der Waals surface area (Å²) in [6.45, 7) is 3.08. The summed E-state index contributed by atoms with van der Waals surface area (Å²) in [6.07, 6.45) is -4.30. The monoisotopic (exact) mass is 290 g/mol. The Hall–Kier alpha value is -1.79. The third-order valence-corrected chi connectivity index (χ3v) is 2.97. The standard InChI is InChI=1S/C13H17F3N2O2/c1-8(2)18(7-13(14,15)16)10-6-12-11(5-9(10)17)19-3-4-20-12/h5-6,8H,3-4,7,17H2,1-2H3. The lowest BCUT2D eigenvalue weighted by Crippen LogP contribution is -2.39. The molecule has 2 N–H and O–H groups in total. The second-order valence-electron chi connectivity index (χ2n) is 4.89. The second kappa shape index (κ2) is 5.30. The number of rotatable bonds is 3. The zero-order chi connectivity index (χ0) is 14.9. The van der Waals surface area contributed by atoms with Crippen molar-refractivity contribution in [1.82, 2.24) is 0 Å². The molecule has 112 valence electrons. The zero-order valence-corrected chi connectivity index (χ0v) is 11.3. The normalized spacial score (nSPS) is 14.5. The van der Waals surface area contributed by atoms with Crippen LogP contribution in [0.4, 0.5) is 24.5 Å². The van der Waals surface area contributed by atoms with Crippen LogP contribution in [0.3, 0.4) is 0 Å². The molecule has 1 aliphatic heterocycles. The number of hydrogen-bond acceptors (Lipinski definition) is 4. The maximum atomic E-state index is 12.7. The SMILES string of the molecule is CC(C)N(CC(F)(F)F)c1cc2c(cc1N)OCCO2. The molecule has 0 atom stereocenters. The van der Waals surface area contributed by atoms with Crippen molar-refractivity contribution in [3.63, 3.8) is 0 Å². The van der Waals surface area contributed by atoms with Gasteiger partial charge in [0.25, 0.3) is 0 Å². The third kappa shape index (κ3) is 3.20. The molecule has 0 fully saturated rings. The number of nitrogen functional groups attached to an aromatic ring is 1. The van der Waals surface area contributed by atoms with E-state index in [2.05, 4.69) is 0 Å². The van der Waals surface area contributed by atoms with E-state index in [1.807, 2.05) is 0 Å². The minimum Gasteiger partial charge on any atom is -0.486 e. The molecule has 20 heavy (non-hydrogen) atoms. The van der Waals surface area contributed by atoms with Gasteiger partial charge in [0.2, 0.25) is 0 Å². The molecule has 4 nitrogen and oxygen atoms in total. The van der Waals surface area contributed by atoms with Crippen molar-refractivity contribution < 1.29 is 22.6 Å². The Balaban J connectivity index is 2.38. The predicted molar refractivity (Wildman–Crippen MR) is 70.4 cm³/mol. The number of benzene rings is 1. The first-order valence-corrected chi connectivity index (χ1v) is 6.30. The maximum absolute atomic E-state index is 12.7. The Bertz CT molecular complexity index is 489. The van der Waals surface area contributed by atoms with Crippen molar-refractivity contribution >= 4 is 11.4 Å². The number of nitrogens with two attached hydrogens (primary N) is 1. The number of alkyl halides is 3. The molecule has 0 saturated carbocycles. The second-order valence-corrected chi connectivity index (χ2v) is 4.89. The van der Waals surface area contributed by atoms with E-state index in [-0.39, 0.29) is 11.7 Å². The van der Waals surface area contributed by atoms with E-state index < -0.39 is 12.7 Å². The first kappa shape index (κ1) is 14.6. The van der Waals surface area contributed by atoms with E-state index in [0.29, 0.717) is 30.4 Å². The number of anilines is 2. The lowest BCUT2D eigenvalue weighted by atomic mass is 10.1. The van der Waals surface area contributed by atoms with Gasteiger partial charge in [-0.2, -0.15) is 13.2 Å². The van der Waals surface area contributed by atoms with Crippen LogP contribution in [-0.4, -0.2) is 32.0 Å². The number of ether oxygens (including phenoxy) is 2. The highest BCUT2D eigenvalue weighted by molar-refractivity contribution is 5.73. The van der Waals surface area contributed by atoms with Gasteiger partial charge in [0.15, 0.2) is 11.5 Å². The van der Waals surface area contributed by atoms with Crippen molar-refractivity contribution in [2.24, 2.45) is 0 Å². The highest BCUT2D eigenvalue weighted by Crippen LogP contribution is 2.40. The average Bonchev–Trinajstić information content (AvgIpc) is 2.34. The molecular formula is C13H17F3N2O2. The highest BCUT2D eigenvalue weighted by atomic mass is 19.4. The summed E-state index contributed by atoms with van der Waals surface area (Å²) in [5.41, 5.74) is 6.41. The van der Waals surface area contributed by atoms with Gasteiger partial charge in [-0.3, -0.25) is 0 Å². The van der Waals surface area contributed by atoms with Crippen LogP contribution in [0, 0.1) is 0 Å². The third-order valence-electron chi connectivity index (χ3n) is 2.97. The first-order chi connectivity index (χ1) is 9.28. The number of hydrogen-bond donors (Lipinski definition) is 1. The van der Waals surface area contributed by atoms with Gasteiger partial charge in [0, 0.05) is 18.2 Å². The molecule has 1 heterocycles. The van der Waals surface area contributed by atoms with Gasteiger partial charge >= 0.3 is 6.18 Å². The molecule has 1 aliphatic rings. The summed E-state index contributed by atoms with van der Waals surface area (Å²) >= 11 is 0. The van der Waals surface area contributed by atoms with Crippen LogP contribution < -0.4 is 20.1 Å². The van der Waals surface area contributed by atoms with Crippen LogP contribution >= 0.6 is 0 Å². The van der Waals surface area contributed by atoms with Crippen LogP contribution in [0.25, 0.3) is 0 Å². The molecule has 1 aromatic carbocycles. The number of nitrogens with zero attached hydrogens (tertiary/aromatic N) is 1. The van der Waals surface area contributed by atoms with Crippen molar-refractivity contribution in [3.8, 4) is 11.5 Å². The van der Waals surface area contributed by atoms with Crippen molar-refractivity contribution in [3.05, 3.63) is 12.1 Å². The molecule has 0 aromatic heterocycles. The van der Waals surface area contributed by atoms with E-state index >= 15 is 0 Å². The molecule has 2 rings (SSSR count). The summed E-state index contributed by atoms with van der Waals surface area (Å²) in [7, 11) is 0. The molecule has 0 aliphatic carbocycles. The summed E-state index contributed by atoms with van der Waals surface area (Å²) in [6, 6.07) is 2.67. The largest absolute Gasteiger partial charge is 0.486 e. The average molecular weight is 290 g/mol. The maximum Gasteiger partial charge on any atom is 0.405 e. The molecule has 0 radical (unpaired) electrons. The number of fused-ring (bicyclic) bond motifs is 1. The number of halogens is 3. The predicted octanol–water partition coefficient (Wildman–Crippen LogP) is 2.82. The van der Waals surface area contributed by atoms with Crippen LogP contribution in [0.2, 0.25) is 0 Å². The van der Waals surface area contributed by atoms with Gasteiger partial charge in [-0.25, -0.2) is 0 Å². The lowest BCUT2D eigenvalue weighted by molar-refractivity contribution is -0.120. The highest BCUT2D eigenvalue weighted by Gasteiger charge is 2.33. The van der Waals surface area contributed by atoms with E-state index in [0.717, 1.165) is 0 Å². The summed E-state index contributed by atoms with van der Waals surface area (Å²) in [5, 5.41) is 0. The van der Waals surface area contributed by atoms with Crippen LogP contribution in [0.5, 0.6) is 11.5 Å². The molecule has 1 aromatic rings. The van der Waals surface area contributed by atoms with E-state index in [1.54, 1.807) is 13.8 Å². The smallest absolute Gasteiger partial charge is 0.405 e. The fourth-order valence-electron chi connectivity index (χ4n) is 2.08. The molecule has 0 amide bonds. The molecule has 0 bridgehead atoms. The fourth-order valence-corrected chi connectivity index (χ4v) is 2.08. The molecule has 7 heteroatoms. The Labute approximate surface area is 115 Å². The van der Waals surface area contributed by atoms with Crippen LogP contribution in [0.1, 0.15) is 13.8 Å². The van der Waals surface area contributed by atoms with Crippen LogP contribution in [-0.2, 0) is 0 Å². The Kier molecular flexibility index (Phi) is 3.87. The minimum absolute atomic E-state index is 0.243. The topological polar surface area (TPSA) is 47.7 Å². The van der Waals surface area contributed by atoms with E-state index in [1.165, 1.54) is 17.0 Å². The summed E-state index contributed by atoms with van der Waals surface area (Å²) in [4.78, 5) is 1.20. The van der Waals surface area contributed by atoms with E-state index in [9.17, 15) is 13.2 Å². The van der Waals surface area contributed by atoms with Crippen molar-refractivity contribution in [2.75, 3.05) is 30.4 Å². The Morgan fingerprint density at radius 3 is 2.25 bits per heavy atom. The van der Waals surface area contributed by atoms with Crippen molar-refractivity contribution in [2.45, 2.75) is 26.1 Å². The van der Waals surface area contributed by atoms with Gasteiger partial charge < -0.3 is 20.1 Å².